The Morgan fingerprint density at radius 2 is 1.81 bits per heavy atom. The van der Waals surface area contributed by atoms with E-state index in [0.29, 0.717) is 0 Å². The molecule has 1 aliphatic carbocycles. The molecule has 1 atom stereocenters. The van der Waals surface area contributed by atoms with E-state index in [1.54, 1.807) is 0 Å². The average Bonchev–Trinajstić information content (AvgIpc) is 2.56. The smallest absolute Gasteiger partial charge is 0.0448 e. The lowest BCUT2D eigenvalue weighted by Gasteiger charge is -2.15. The minimum Gasteiger partial charge on any atom is -0.297 e. The first-order valence-corrected chi connectivity index (χ1v) is 5.56. The first-order valence-electron chi connectivity index (χ1n) is 5.56. The van der Waals surface area contributed by atoms with Gasteiger partial charge >= 0.3 is 0 Å². The fourth-order valence-electron chi connectivity index (χ4n) is 1.39. The molecule has 1 nitrogen and oxygen atoms in total. The molecule has 0 aliphatic heterocycles. The first kappa shape index (κ1) is 12.5. The topological polar surface area (TPSA) is 12.0 Å². The van der Waals surface area contributed by atoms with E-state index in [1.807, 2.05) is 55.5 Å². The molecule has 0 aromatic rings. The summed E-state index contributed by atoms with van der Waals surface area (Å²) in [4.78, 5) is 0. The summed E-state index contributed by atoms with van der Waals surface area (Å²) in [5, 5.41) is 3.45. The van der Waals surface area contributed by atoms with Crippen LogP contribution in [0, 0.1) is 0 Å². The molecular weight excluding hydrogens is 194 g/mol. The van der Waals surface area contributed by atoms with Crippen molar-refractivity contribution >= 4 is 0 Å². The van der Waals surface area contributed by atoms with E-state index < -0.39 is 0 Å². The van der Waals surface area contributed by atoms with Crippen LogP contribution in [0.25, 0.3) is 0 Å². The number of hydrogen-bond donors (Lipinski definition) is 1. The lowest BCUT2D eigenvalue weighted by molar-refractivity contribution is 0.660. The van der Waals surface area contributed by atoms with E-state index in [0.717, 1.165) is 0 Å². The average molecular weight is 213 g/mol. The molecule has 0 spiro atoms. The fraction of sp³-hybridized carbons (Fsp3) is 0.200. The van der Waals surface area contributed by atoms with Gasteiger partial charge in [-0.1, -0.05) is 66.8 Å². The van der Waals surface area contributed by atoms with E-state index >= 15 is 0 Å². The predicted molar refractivity (Wildman–Crippen MR) is 72.3 cm³/mol. The molecule has 1 heteroatoms. The summed E-state index contributed by atoms with van der Waals surface area (Å²) in [5.41, 5.74) is 0. The van der Waals surface area contributed by atoms with Crippen LogP contribution in [0.5, 0.6) is 0 Å². The van der Waals surface area contributed by atoms with Crippen LogP contribution in [0.2, 0.25) is 0 Å². The highest BCUT2D eigenvalue weighted by molar-refractivity contribution is 5.23. The Morgan fingerprint density at radius 1 is 1.12 bits per heavy atom. The summed E-state index contributed by atoms with van der Waals surface area (Å²) in [7, 11) is 0. The second-order valence-corrected chi connectivity index (χ2v) is 3.52. The zero-order valence-electron chi connectivity index (χ0n) is 9.71. The van der Waals surface area contributed by atoms with Crippen LogP contribution >= 0.6 is 0 Å². The van der Waals surface area contributed by atoms with Crippen molar-refractivity contribution in [2.24, 2.45) is 0 Å². The minimum absolute atomic E-state index is 0.189. The first-order chi connectivity index (χ1) is 7.86. The van der Waals surface area contributed by atoms with Crippen molar-refractivity contribution < 1.29 is 0 Å². The Hall–Kier alpha value is -1.60. The highest BCUT2D eigenvalue weighted by atomic mass is 14.9. The fourth-order valence-corrected chi connectivity index (χ4v) is 1.39. The zero-order chi connectivity index (χ0) is 11.6. The molecule has 1 rings (SSSR count). The molecule has 0 fully saturated rings. The maximum atomic E-state index is 3.83. The van der Waals surface area contributed by atoms with Crippen LogP contribution in [0.4, 0.5) is 0 Å². The molecule has 1 N–H and O–H groups in total. The van der Waals surface area contributed by atoms with Crippen LogP contribution in [-0.4, -0.2) is 12.1 Å². The van der Waals surface area contributed by atoms with Gasteiger partial charge in [0.25, 0.3) is 0 Å². The molecule has 0 aromatic heterocycles. The van der Waals surface area contributed by atoms with Gasteiger partial charge in [-0.25, -0.2) is 0 Å². The molecule has 16 heavy (non-hydrogen) atoms. The van der Waals surface area contributed by atoms with Crippen LogP contribution in [-0.2, 0) is 0 Å². The van der Waals surface area contributed by atoms with Crippen molar-refractivity contribution in [1.29, 1.82) is 0 Å². The van der Waals surface area contributed by atoms with Gasteiger partial charge in [-0.2, -0.15) is 0 Å². The maximum absolute atomic E-state index is 3.83. The summed E-state index contributed by atoms with van der Waals surface area (Å²) >= 11 is 0. The Labute approximate surface area is 98.3 Å². The quantitative estimate of drug-likeness (QED) is 0.545. The minimum atomic E-state index is 0.189. The molecule has 0 heterocycles. The van der Waals surface area contributed by atoms with Crippen molar-refractivity contribution in [3.05, 3.63) is 73.4 Å². The zero-order valence-corrected chi connectivity index (χ0v) is 9.71. The normalized spacial score (nSPS) is 18.3. The summed E-state index contributed by atoms with van der Waals surface area (Å²) < 4.78 is 0. The third-order valence-corrected chi connectivity index (χ3v) is 2.23. The monoisotopic (exact) mass is 213 g/mol. The van der Waals surface area contributed by atoms with Gasteiger partial charge < -0.3 is 0 Å². The van der Waals surface area contributed by atoms with Crippen molar-refractivity contribution in [3.8, 4) is 0 Å². The second-order valence-electron chi connectivity index (χ2n) is 3.52. The Morgan fingerprint density at radius 3 is 2.38 bits per heavy atom. The molecule has 1 unspecified atom stereocenters. The van der Waals surface area contributed by atoms with Gasteiger partial charge in [0.05, 0.1) is 0 Å². The summed E-state index contributed by atoms with van der Waals surface area (Å²) in [5.74, 6) is 0. The third-order valence-electron chi connectivity index (χ3n) is 2.23. The predicted octanol–water partition coefficient (Wildman–Crippen LogP) is 3.31. The van der Waals surface area contributed by atoms with E-state index in [-0.39, 0.29) is 12.1 Å². The largest absolute Gasteiger partial charge is 0.297 e. The standard InChI is InChI=1S/C15H19N/c1-3-5-8-11-14(4-2)16-15-12-9-6-7-10-13-15/h3-16H,2H2,1H3/b5-3-,11-8-. The number of allylic oxidation sites excluding steroid dienone is 7. The molecule has 0 saturated heterocycles. The number of hydrogen-bond acceptors (Lipinski definition) is 1. The Balaban J connectivity index is 2.52. The van der Waals surface area contributed by atoms with E-state index in [4.69, 9.17) is 0 Å². The van der Waals surface area contributed by atoms with Gasteiger partial charge in [0.1, 0.15) is 0 Å². The lowest BCUT2D eigenvalue weighted by atomic mass is 10.2. The molecule has 0 aromatic carbocycles. The summed E-state index contributed by atoms with van der Waals surface area (Å²) in [6.45, 7) is 5.83. The molecule has 0 saturated carbocycles. The van der Waals surface area contributed by atoms with Crippen LogP contribution < -0.4 is 5.32 Å². The molecule has 0 bridgehead atoms. The maximum Gasteiger partial charge on any atom is 0.0448 e. The second kappa shape index (κ2) is 7.66. The van der Waals surface area contributed by atoms with Crippen molar-refractivity contribution in [2.45, 2.75) is 19.0 Å². The van der Waals surface area contributed by atoms with Gasteiger partial charge in [-0.15, -0.1) is 6.58 Å². The van der Waals surface area contributed by atoms with E-state index in [1.165, 1.54) is 0 Å². The Bertz CT molecular complexity index is 326. The number of nitrogens with one attached hydrogen (secondary N) is 1. The number of rotatable bonds is 5. The molecule has 84 valence electrons. The Kier molecular flexibility index (Phi) is 5.97. The van der Waals surface area contributed by atoms with Crippen molar-refractivity contribution in [1.82, 2.24) is 5.32 Å². The van der Waals surface area contributed by atoms with Crippen LogP contribution in [0.3, 0.4) is 0 Å². The van der Waals surface area contributed by atoms with E-state index in [9.17, 15) is 0 Å². The van der Waals surface area contributed by atoms with Gasteiger partial charge in [0.2, 0.25) is 0 Å². The third kappa shape index (κ3) is 4.76. The van der Waals surface area contributed by atoms with Crippen molar-refractivity contribution in [3.63, 3.8) is 0 Å². The summed E-state index contributed by atoms with van der Waals surface area (Å²) in [6.07, 6.45) is 22.4. The van der Waals surface area contributed by atoms with Gasteiger partial charge in [0.15, 0.2) is 0 Å². The van der Waals surface area contributed by atoms with Crippen LogP contribution in [0.1, 0.15) is 6.92 Å². The molecule has 0 radical (unpaired) electrons. The molecular formula is C15H19N. The lowest BCUT2D eigenvalue weighted by Crippen LogP contribution is -2.33. The highest BCUT2D eigenvalue weighted by Gasteiger charge is 2.04. The van der Waals surface area contributed by atoms with Gasteiger partial charge in [0, 0.05) is 12.1 Å². The van der Waals surface area contributed by atoms with Crippen molar-refractivity contribution in [2.75, 3.05) is 0 Å². The van der Waals surface area contributed by atoms with E-state index in [2.05, 4.69) is 30.1 Å². The van der Waals surface area contributed by atoms with Gasteiger partial charge in [-0.05, 0) is 6.92 Å². The molecule has 0 amide bonds. The molecule has 1 aliphatic rings. The SMILES string of the molecule is C=CC(/C=C\C=C/C)NC1C=CC=CC=C1. The summed E-state index contributed by atoms with van der Waals surface area (Å²) in [6, 6.07) is 0.446. The highest BCUT2D eigenvalue weighted by Crippen LogP contribution is 2.00. The van der Waals surface area contributed by atoms with Crippen LogP contribution in [0.15, 0.2) is 73.4 Å². The van der Waals surface area contributed by atoms with Gasteiger partial charge in [-0.3, -0.25) is 5.32 Å².